The lowest BCUT2D eigenvalue weighted by atomic mass is 10.1. The Morgan fingerprint density at radius 2 is 2.08 bits per heavy atom. The van der Waals surface area contributed by atoms with E-state index in [0.717, 1.165) is 34.1 Å². The standard InChI is InChI=1S/C20H19N5O/c1-14-5-6-18-17(9-14)19(24-23-18)20(26)22-11-15-3-2-4-16(10-15)12-25-8-7-21-13-25/h2-10,13H,11-12H2,1H3,(H,22,26)(H,23,24). The molecule has 26 heavy (non-hydrogen) atoms. The molecule has 130 valence electrons. The molecule has 0 aliphatic heterocycles. The van der Waals surface area contributed by atoms with Gasteiger partial charge in [0.1, 0.15) is 0 Å². The summed E-state index contributed by atoms with van der Waals surface area (Å²) in [6.45, 7) is 3.21. The molecular formula is C20H19N5O. The number of carbonyl (C=O) groups excluding carboxylic acids is 1. The number of aromatic amines is 1. The van der Waals surface area contributed by atoms with E-state index in [1.165, 1.54) is 0 Å². The van der Waals surface area contributed by atoms with Crippen LogP contribution in [-0.2, 0) is 13.1 Å². The molecule has 2 N–H and O–H groups in total. The third kappa shape index (κ3) is 3.35. The molecule has 0 saturated carbocycles. The Morgan fingerprint density at radius 1 is 1.19 bits per heavy atom. The van der Waals surface area contributed by atoms with E-state index in [4.69, 9.17) is 0 Å². The van der Waals surface area contributed by atoms with Crippen LogP contribution in [0.3, 0.4) is 0 Å². The molecule has 2 aromatic heterocycles. The highest BCUT2D eigenvalue weighted by atomic mass is 16.1. The van der Waals surface area contributed by atoms with Crippen LogP contribution in [0.2, 0.25) is 0 Å². The number of H-pyrrole nitrogens is 1. The van der Waals surface area contributed by atoms with E-state index in [0.29, 0.717) is 12.2 Å². The average Bonchev–Trinajstić information content (AvgIpc) is 3.29. The molecule has 4 rings (SSSR count). The zero-order valence-electron chi connectivity index (χ0n) is 14.4. The summed E-state index contributed by atoms with van der Waals surface area (Å²) in [5.41, 5.74) is 4.60. The molecule has 6 nitrogen and oxygen atoms in total. The molecule has 4 aromatic rings. The van der Waals surface area contributed by atoms with E-state index in [1.807, 2.05) is 48.0 Å². The van der Waals surface area contributed by atoms with Crippen LogP contribution in [0.15, 0.2) is 61.2 Å². The van der Waals surface area contributed by atoms with Crippen molar-refractivity contribution < 1.29 is 4.79 Å². The Bertz CT molecular complexity index is 1050. The lowest BCUT2D eigenvalue weighted by Gasteiger charge is -2.07. The molecule has 2 heterocycles. The highest BCUT2D eigenvalue weighted by Crippen LogP contribution is 2.17. The van der Waals surface area contributed by atoms with E-state index in [-0.39, 0.29) is 5.91 Å². The normalized spacial score (nSPS) is 11.0. The van der Waals surface area contributed by atoms with Crippen molar-refractivity contribution in [3.8, 4) is 0 Å². The predicted molar refractivity (Wildman–Crippen MR) is 99.8 cm³/mol. The minimum absolute atomic E-state index is 0.179. The Kier molecular flexibility index (Phi) is 4.23. The summed E-state index contributed by atoms with van der Waals surface area (Å²) in [6, 6.07) is 14.1. The summed E-state index contributed by atoms with van der Waals surface area (Å²) in [6.07, 6.45) is 5.48. The third-order valence-electron chi connectivity index (χ3n) is 4.30. The number of nitrogens with zero attached hydrogens (tertiary/aromatic N) is 3. The molecule has 0 bridgehead atoms. The maximum atomic E-state index is 12.5. The van der Waals surface area contributed by atoms with Crippen LogP contribution in [0.4, 0.5) is 0 Å². The van der Waals surface area contributed by atoms with Gasteiger partial charge < -0.3 is 9.88 Å². The van der Waals surface area contributed by atoms with Gasteiger partial charge in [0.25, 0.3) is 5.91 Å². The van der Waals surface area contributed by atoms with Crippen molar-refractivity contribution in [3.05, 3.63) is 83.6 Å². The third-order valence-corrected chi connectivity index (χ3v) is 4.30. The molecule has 2 aromatic carbocycles. The summed E-state index contributed by atoms with van der Waals surface area (Å²) in [7, 11) is 0. The van der Waals surface area contributed by atoms with Crippen molar-refractivity contribution in [2.45, 2.75) is 20.0 Å². The second kappa shape index (κ2) is 6.84. The summed E-state index contributed by atoms with van der Waals surface area (Å²) < 4.78 is 2.01. The minimum Gasteiger partial charge on any atom is -0.347 e. The van der Waals surface area contributed by atoms with Gasteiger partial charge in [0.2, 0.25) is 0 Å². The fraction of sp³-hybridized carbons (Fsp3) is 0.150. The number of nitrogens with one attached hydrogen (secondary N) is 2. The number of aromatic nitrogens is 4. The zero-order valence-corrected chi connectivity index (χ0v) is 14.4. The van der Waals surface area contributed by atoms with Crippen LogP contribution >= 0.6 is 0 Å². The monoisotopic (exact) mass is 345 g/mol. The van der Waals surface area contributed by atoms with Gasteiger partial charge in [-0.3, -0.25) is 9.89 Å². The summed E-state index contributed by atoms with van der Waals surface area (Å²) in [5.74, 6) is -0.179. The van der Waals surface area contributed by atoms with Crippen molar-refractivity contribution in [1.82, 2.24) is 25.1 Å². The zero-order chi connectivity index (χ0) is 17.9. The molecule has 0 saturated heterocycles. The lowest BCUT2D eigenvalue weighted by molar-refractivity contribution is 0.0947. The number of imidazole rings is 1. The Labute approximate surface area is 150 Å². The Balaban J connectivity index is 1.46. The average molecular weight is 345 g/mol. The first-order valence-electron chi connectivity index (χ1n) is 8.45. The number of rotatable bonds is 5. The number of amides is 1. The topological polar surface area (TPSA) is 75.6 Å². The van der Waals surface area contributed by atoms with Gasteiger partial charge in [-0.15, -0.1) is 0 Å². The van der Waals surface area contributed by atoms with E-state index in [2.05, 4.69) is 32.6 Å². The molecule has 1 amide bonds. The predicted octanol–water partition coefficient (Wildman–Crippen LogP) is 3.05. The highest BCUT2D eigenvalue weighted by Gasteiger charge is 2.14. The van der Waals surface area contributed by atoms with Crippen LogP contribution in [0.1, 0.15) is 27.2 Å². The van der Waals surface area contributed by atoms with E-state index in [9.17, 15) is 4.79 Å². The van der Waals surface area contributed by atoms with Gasteiger partial charge >= 0.3 is 0 Å². The van der Waals surface area contributed by atoms with Crippen LogP contribution in [0.5, 0.6) is 0 Å². The Hall–Kier alpha value is -3.41. The smallest absolute Gasteiger partial charge is 0.272 e. The van der Waals surface area contributed by atoms with Crippen LogP contribution in [0, 0.1) is 6.92 Å². The number of hydrogen-bond acceptors (Lipinski definition) is 3. The number of benzene rings is 2. The highest BCUT2D eigenvalue weighted by molar-refractivity contribution is 6.04. The molecule has 0 fully saturated rings. The first kappa shape index (κ1) is 16.1. The summed E-state index contributed by atoms with van der Waals surface area (Å²) in [4.78, 5) is 16.6. The summed E-state index contributed by atoms with van der Waals surface area (Å²) in [5, 5.41) is 10.9. The number of carbonyl (C=O) groups is 1. The summed E-state index contributed by atoms with van der Waals surface area (Å²) >= 11 is 0. The number of hydrogen-bond donors (Lipinski definition) is 2. The van der Waals surface area contributed by atoms with Crippen molar-refractivity contribution >= 4 is 16.8 Å². The van der Waals surface area contributed by atoms with Gasteiger partial charge in [-0.1, -0.05) is 35.9 Å². The fourth-order valence-corrected chi connectivity index (χ4v) is 3.00. The number of fused-ring (bicyclic) bond motifs is 1. The van der Waals surface area contributed by atoms with Crippen molar-refractivity contribution in [2.75, 3.05) is 0 Å². The van der Waals surface area contributed by atoms with Gasteiger partial charge in [-0.05, 0) is 30.2 Å². The van der Waals surface area contributed by atoms with Gasteiger partial charge in [0.05, 0.1) is 11.8 Å². The van der Waals surface area contributed by atoms with Crippen LogP contribution < -0.4 is 5.32 Å². The maximum absolute atomic E-state index is 12.5. The van der Waals surface area contributed by atoms with E-state index in [1.54, 1.807) is 12.5 Å². The largest absolute Gasteiger partial charge is 0.347 e. The van der Waals surface area contributed by atoms with Crippen molar-refractivity contribution in [2.24, 2.45) is 0 Å². The first-order valence-corrected chi connectivity index (χ1v) is 8.45. The second-order valence-electron chi connectivity index (χ2n) is 6.36. The van der Waals surface area contributed by atoms with Gasteiger partial charge in [-0.2, -0.15) is 5.10 Å². The molecule has 0 unspecified atom stereocenters. The molecule has 6 heteroatoms. The minimum atomic E-state index is -0.179. The second-order valence-corrected chi connectivity index (χ2v) is 6.36. The fourth-order valence-electron chi connectivity index (χ4n) is 3.00. The maximum Gasteiger partial charge on any atom is 0.272 e. The quantitative estimate of drug-likeness (QED) is 0.584. The van der Waals surface area contributed by atoms with Gasteiger partial charge in [0, 0.05) is 30.9 Å². The van der Waals surface area contributed by atoms with E-state index >= 15 is 0 Å². The first-order chi connectivity index (χ1) is 12.7. The lowest BCUT2D eigenvalue weighted by Crippen LogP contribution is -2.23. The van der Waals surface area contributed by atoms with Crippen LogP contribution in [-0.4, -0.2) is 25.7 Å². The van der Waals surface area contributed by atoms with Crippen molar-refractivity contribution in [1.29, 1.82) is 0 Å². The molecular weight excluding hydrogens is 326 g/mol. The molecule has 0 radical (unpaired) electrons. The van der Waals surface area contributed by atoms with Gasteiger partial charge in [-0.25, -0.2) is 4.98 Å². The van der Waals surface area contributed by atoms with Gasteiger partial charge in [0.15, 0.2) is 5.69 Å². The molecule has 0 atom stereocenters. The van der Waals surface area contributed by atoms with Crippen LogP contribution in [0.25, 0.3) is 10.9 Å². The van der Waals surface area contributed by atoms with E-state index < -0.39 is 0 Å². The number of aryl methyl sites for hydroxylation is 1. The van der Waals surface area contributed by atoms with Crippen molar-refractivity contribution in [3.63, 3.8) is 0 Å². The molecule has 0 spiro atoms. The molecule has 0 aliphatic rings. The SMILES string of the molecule is Cc1ccc2[nH]nc(C(=O)NCc3cccc(Cn4ccnc4)c3)c2c1. The Morgan fingerprint density at radius 3 is 2.92 bits per heavy atom. The molecule has 0 aliphatic carbocycles.